The van der Waals surface area contributed by atoms with Crippen molar-refractivity contribution in [2.75, 3.05) is 5.75 Å². The molecule has 0 saturated heterocycles. The average Bonchev–Trinajstić information content (AvgIpc) is 3.23. The lowest BCUT2D eigenvalue weighted by Gasteiger charge is -2.05. The molecule has 130 valence electrons. The molecule has 25 heavy (non-hydrogen) atoms. The Kier molecular flexibility index (Phi) is 5.78. The van der Waals surface area contributed by atoms with Gasteiger partial charge in [-0.3, -0.25) is 9.89 Å². The van der Waals surface area contributed by atoms with Gasteiger partial charge in [-0.05, 0) is 49.7 Å². The first-order valence-corrected chi connectivity index (χ1v) is 9.72. The van der Waals surface area contributed by atoms with Gasteiger partial charge >= 0.3 is 0 Å². The fraction of sp³-hybridized carbons (Fsp3) is 0.235. The van der Waals surface area contributed by atoms with Crippen LogP contribution in [0, 0.1) is 13.8 Å². The summed E-state index contributed by atoms with van der Waals surface area (Å²) in [6.45, 7) is 4.18. The Bertz CT molecular complexity index is 892. The molecule has 0 atom stereocenters. The summed E-state index contributed by atoms with van der Waals surface area (Å²) < 4.78 is 5.67. The van der Waals surface area contributed by atoms with Crippen molar-refractivity contribution in [2.24, 2.45) is 0 Å². The number of aromatic nitrogens is 3. The van der Waals surface area contributed by atoms with E-state index >= 15 is 0 Å². The highest BCUT2D eigenvalue weighted by molar-refractivity contribution is 7.99. The third-order valence-electron chi connectivity index (χ3n) is 3.36. The van der Waals surface area contributed by atoms with Crippen LogP contribution in [0.4, 0.5) is 0 Å². The third-order valence-corrected chi connectivity index (χ3v) is 5.68. The van der Waals surface area contributed by atoms with Gasteiger partial charge in [0.15, 0.2) is 11.6 Å². The van der Waals surface area contributed by atoms with Crippen LogP contribution < -0.4 is 4.74 Å². The molecular weight excluding hydrogens is 378 g/mol. The molecule has 0 spiro atoms. The van der Waals surface area contributed by atoms with Crippen LogP contribution in [0.2, 0.25) is 5.02 Å². The molecule has 0 unspecified atom stereocenters. The van der Waals surface area contributed by atoms with Crippen LogP contribution in [0.15, 0.2) is 35.5 Å². The number of H-pyrrole nitrogens is 1. The Labute approximate surface area is 158 Å². The SMILES string of the molecule is Cc1ccc(C(=O)CSc2n[nH]c(COc3ccc(Cl)c(C)c3)n2)s1. The first kappa shape index (κ1) is 18.0. The second-order valence-corrected chi connectivity index (χ2v) is 8.02. The number of ether oxygens (including phenoxy) is 1. The summed E-state index contributed by atoms with van der Waals surface area (Å²) in [6, 6.07) is 9.28. The number of carbonyl (C=O) groups is 1. The monoisotopic (exact) mass is 393 g/mol. The van der Waals surface area contributed by atoms with Crippen molar-refractivity contribution < 1.29 is 9.53 Å². The Morgan fingerprint density at radius 1 is 1.32 bits per heavy atom. The maximum Gasteiger partial charge on any atom is 0.208 e. The molecule has 1 aromatic carbocycles. The van der Waals surface area contributed by atoms with E-state index in [1.807, 2.05) is 38.1 Å². The molecule has 0 bridgehead atoms. The van der Waals surface area contributed by atoms with Crippen molar-refractivity contribution in [1.82, 2.24) is 15.2 Å². The summed E-state index contributed by atoms with van der Waals surface area (Å²) in [5.41, 5.74) is 0.954. The van der Waals surface area contributed by atoms with Gasteiger partial charge in [0.05, 0.1) is 10.6 Å². The predicted octanol–water partition coefficient (Wildman–Crippen LogP) is 4.69. The number of hydrogen-bond donors (Lipinski definition) is 1. The van der Waals surface area contributed by atoms with Crippen molar-refractivity contribution >= 4 is 40.5 Å². The highest BCUT2D eigenvalue weighted by Gasteiger charge is 2.11. The third kappa shape index (κ3) is 4.84. The molecule has 3 aromatic rings. The van der Waals surface area contributed by atoms with E-state index in [9.17, 15) is 4.79 Å². The molecule has 5 nitrogen and oxygen atoms in total. The number of benzene rings is 1. The highest BCUT2D eigenvalue weighted by Crippen LogP contribution is 2.22. The number of hydrogen-bond acceptors (Lipinski definition) is 6. The first-order chi connectivity index (χ1) is 12.0. The zero-order valence-corrected chi connectivity index (χ0v) is 16.1. The summed E-state index contributed by atoms with van der Waals surface area (Å²) >= 11 is 8.81. The zero-order valence-electron chi connectivity index (χ0n) is 13.7. The van der Waals surface area contributed by atoms with Crippen LogP contribution in [0.25, 0.3) is 0 Å². The molecule has 0 aliphatic heterocycles. The molecule has 0 amide bonds. The largest absolute Gasteiger partial charge is 0.486 e. The number of thiophene rings is 1. The van der Waals surface area contributed by atoms with Gasteiger partial charge in [0.2, 0.25) is 5.16 Å². The summed E-state index contributed by atoms with van der Waals surface area (Å²) in [5.74, 6) is 1.72. The van der Waals surface area contributed by atoms with Gasteiger partial charge in [0.25, 0.3) is 0 Å². The zero-order chi connectivity index (χ0) is 17.8. The van der Waals surface area contributed by atoms with Crippen LogP contribution >= 0.6 is 34.7 Å². The molecule has 3 rings (SSSR count). The van der Waals surface area contributed by atoms with Crippen molar-refractivity contribution in [3.63, 3.8) is 0 Å². The molecular formula is C17H16ClN3O2S2. The van der Waals surface area contributed by atoms with Gasteiger partial charge in [-0.25, -0.2) is 4.98 Å². The summed E-state index contributed by atoms with van der Waals surface area (Å²) in [4.78, 5) is 18.3. The maximum atomic E-state index is 12.1. The standard InChI is InChI=1S/C17H16ClN3O2S2/c1-10-7-12(4-5-13(10)18)23-8-16-19-17(21-20-16)24-9-14(22)15-6-3-11(2)25-15/h3-7H,8-9H2,1-2H3,(H,19,20,21). The van der Waals surface area contributed by atoms with Crippen LogP contribution in [0.3, 0.4) is 0 Å². The number of nitrogens with one attached hydrogen (secondary N) is 1. The minimum Gasteiger partial charge on any atom is -0.486 e. The normalized spacial score (nSPS) is 10.8. The lowest BCUT2D eigenvalue weighted by Crippen LogP contribution is -2.00. The van der Waals surface area contributed by atoms with Crippen LogP contribution in [-0.2, 0) is 6.61 Å². The number of aromatic amines is 1. The number of nitrogens with zero attached hydrogens (tertiary/aromatic N) is 2. The smallest absolute Gasteiger partial charge is 0.208 e. The van der Waals surface area contributed by atoms with Crippen molar-refractivity contribution in [3.8, 4) is 5.75 Å². The molecule has 2 heterocycles. The van der Waals surface area contributed by atoms with Gasteiger partial charge in [-0.15, -0.1) is 16.4 Å². The van der Waals surface area contributed by atoms with E-state index < -0.39 is 0 Å². The first-order valence-electron chi connectivity index (χ1n) is 7.54. The minimum absolute atomic E-state index is 0.0855. The fourth-order valence-electron chi connectivity index (χ4n) is 2.05. The minimum atomic E-state index is 0.0855. The summed E-state index contributed by atoms with van der Waals surface area (Å²) in [6.07, 6.45) is 0. The van der Waals surface area contributed by atoms with Crippen LogP contribution in [0.5, 0.6) is 5.75 Å². The van der Waals surface area contributed by atoms with Crippen molar-refractivity contribution in [3.05, 3.63) is 56.5 Å². The number of aryl methyl sites for hydroxylation is 2. The van der Waals surface area contributed by atoms with Gasteiger partial charge < -0.3 is 4.74 Å². The van der Waals surface area contributed by atoms with E-state index in [-0.39, 0.29) is 12.4 Å². The molecule has 1 N–H and O–H groups in total. The Morgan fingerprint density at radius 3 is 2.88 bits per heavy atom. The second-order valence-electron chi connectivity index (χ2n) is 5.39. The number of Topliss-reactive ketones (excluding diaryl/α,β-unsaturated/α-hetero) is 1. The predicted molar refractivity (Wildman–Crippen MR) is 101 cm³/mol. The van der Waals surface area contributed by atoms with Crippen LogP contribution in [-0.4, -0.2) is 26.7 Å². The van der Waals surface area contributed by atoms with Gasteiger partial charge in [0.1, 0.15) is 12.4 Å². The molecule has 0 aliphatic carbocycles. The molecule has 0 saturated carbocycles. The van der Waals surface area contributed by atoms with E-state index in [1.165, 1.54) is 23.1 Å². The van der Waals surface area contributed by atoms with Crippen LogP contribution in [0.1, 0.15) is 25.9 Å². The number of halogens is 1. The molecule has 0 fully saturated rings. The number of carbonyl (C=O) groups excluding carboxylic acids is 1. The maximum absolute atomic E-state index is 12.1. The van der Waals surface area contributed by atoms with E-state index in [4.69, 9.17) is 16.3 Å². The van der Waals surface area contributed by atoms with Gasteiger partial charge in [-0.2, -0.15) is 0 Å². The van der Waals surface area contributed by atoms with Crippen molar-refractivity contribution in [2.45, 2.75) is 25.6 Å². The number of rotatable bonds is 7. The molecule has 0 radical (unpaired) electrons. The lowest BCUT2D eigenvalue weighted by molar-refractivity contribution is 0.102. The molecule has 0 aliphatic rings. The summed E-state index contributed by atoms with van der Waals surface area (Å²) in [5, 5.41) is 8.18. The Morgan fingerprint density at radius 2 is 2.16 bits per heavy atom. The van der Waals surface area contributed by atoms with E-state index in [1.54, 1.807) is 6.07 Å². The van der Waals surface area contributed by atoms with E-state index in [2.05, 4.69) is 15.2 Å². The number of thioether (sulfide) groups is 1. The Balaban J connectivity index is 1.51. The second kappa shape index (κ2) is 8.03. The Hall–Kier alpha value is -1.83. The van der Waals surface area contributed by atoms with E-state index in [0.717, 1.165) is 21.1 Å². The van der Waals surface area contributed by atoms with Gasteiger partial charge in [0, 0.05) is 9.90 Å². The lowest BCUT2D eigenvalue weighted by atomic mass is 10.2. The average molecular weight is 394 g/mol. The molecule has 8 heteroatoms. The quantitative estimate of drug-likeness (QED) is 0.465. The molecule has 2 aromatic heterocycles. The topological polar surface area (TPSA) is 67.9 Å². The highest BCUT2D eigenvalue weighted by atomic mass is 35.5. The van der Waals surface area contributed by atoms with Gasteiger partial charge in [-0.1, -0.05) is 23.4 Å². The van der Waals surface area contributed by atoms with Crippen molar-refractivity contribution in [1.29, 1.82) is 0 Å². The van der Waals surface area contributed by atoms with E-state index in [0.29, 0.717) is 21.8 Å². The number of ketones is 1. The summed E-state index contributed by atoms with van der Waals surface area (Å²) in [7, 11) is 0. The fourth-order valence-corrected chi connectivity index (χ4v) is 3.77.